The first kappa shape index (κ1) is 18.7. The standard InChI is InChI=1S/C20H19Cl2NO3/c21-17-8-7-16(18(22)10-17)11-23-19(24)12-26-20(25)15-6-5-13-3-1-2-4-14(13)9-15/h5-10H,1-4,11-12H2,(H,23,24). The number of aryl methyl sites for hydroxylation is 2. The van der Waals surface area contributed by atoms with Crippen molar-refractivity contribution in [1.29, 1.82) is 0 Å². The van der Waals surface area contributed by atoms with E-state index in [4.69, 9.17) is 27.9 Å². The zero-order chi connectivity index (χ0) is 18.5. The molecule has 0 aliphatic heterocycles. The first-order valence-electron chi connectivity index (χ1n) is 8.52. The second-order valence-corrected chi connectivity index (χ2v) is 7.12. The molecule has 0 saturated heterocycles. The monoisotopic (exact) mass is 391 g/mol. The van der Waals surface area contributed by atoms with E-state index >= 15 is 0 Å². The number of carbonyl (C=O) groups is 2. The SMILES string of the molecule is O=C(COC(=O)c1ccc2c(c1)CCCC2)NCc1ccc(Cl)cc1Cl. The summed E-state index contributed by atoms with van der Waals surface area (Å²) in [6.07, 6.45) is 4.37. The van der Waals surface area contributed by atoms with Gasteiger partial charge < -0.3 is 10.1 Å². The summed E-state index contributed by atoms with van der Waals surface area (Å²) in [6, 6.07) is 10.7. The van der Waals surface area contributed by atoms with Crippen molar-refractivity contribution >= 4 is 35.1 Å². The van der Waals surface area contributed by atoms with E-state index in [0.29, 0.717) is 15.6 Å². The van der Waals surface area contributed by atoms with Gasteiger partial charge in [-0.3, -0.25) is 4.79 Å². The number of amides is 1. The summed E-state index contributed by atoms with van der Waals surface area (Å²) in [7, 11) is 0. The van der Waals surface area contributed by atoms with Crippen molar-refractivity contribution in [3.8, 4) is 0 Å². The highest BCUT2D eigenvalue weighted by Gasteiger charge is 2.15. The van der Waals surface area contributed by atoms with E-state index in [0.717, 1.165) is 24.8 Å². The van der Waals surface area contributed by atoms with Gasteiger partial charge in [0.1, 0.15) is 0 Å². The third-order valence-electron chi connectivity index (χ3n) is 4.41. The van der Waals surface area contributed by atoms with Gasteiger partial charge in [-0.05, 0) is 66.6 Å². The number of benzene rings is 2. The number of esters is 1. The molecule has 0 bridgehead atoms. The first-order valence-corrected chi connectivity index (χ1v) is 9.28. The van der Waals surface area contributed by atoms with E-state index in [1.165, 1.54) is 17.5 Å². The van der Waals surface area contributed by atoms with E-state index in [2.05, 4.69) is 5.32 Å². The molecule has 0 fully saturated rings. The normalized spacial score (nSPS) is 13.0. The van der Waals surface area contributed by atoms with Crippen LogP contribution in [-0.2, 0) is 28.9 Å². The number of rotatable bonds is 5. The predicted molar refractivity (Wildman–Crippen MR) is 102 cm³/mol. The quantitative estimate of drug-likeness (QED) is 0.770. The van der Waals surface area contributed by atoms with E-state index in [1.54, 1.807) is 24.3 Å². The van der Waals surface area contributed by atoms with Gasteiger partial charge in [0, 0.05) is 16.6 Å². The molecule has 4 nitrogen and oxygen atoms in total. The molecule has 26 heavy (non-hydrogen) atoms. The molecule has 0 heterocycles. The molecular weight excluding hydrogens is 373 g/mol. The molecule has 0 saturated carbocycles. The Morgan fingerprint density at radius 1 is 1.00 bits per heavy atom. The maximum absolute atomic E-state index is 12.2. The minimum absolute atomic E-state index is 0.241. The lowest BCUT2D eigenvalue weighted by Gasteiger charge is -2.16. The molecule has 0 aromatic heterocycles. The average Bonchev–Trinajstić information content (AvgIpc) is 2.65. The van der Waals surface area contributed by atoms with Gasteiger partial charge in [-0.25, -0.2) is 4.79 Å². The second-order valence-electron chi connectivity index (χ2n) is 6.28. The molecule has 3 rings (SSSR count). The van der Waals surface area contributed by atoms with Crippen molar-refractivity contribution in [3.05, 3.63) is 68.7 Å². The van der Waals surface area contributed by atoms with Gasteiger partial charge in [-0.1, -0.05) is 35.3 Å². The lowest BCUT2D eigenvalue weighted by Crippen LogP contribution is -2.28. The number of halogens is 2. The van der Waals surface area contributed by atoms with Crippen LogP contribution in [0, 0.1) is 0 Å². The van der Waals surface area contributed by atoms with E-state index in [-0.39, 0.29) is 19.1 Å². The van der Waals surface area contributed by atoms with Gasteiger partial charge in [0.25, 0.3) is 5.91 Å². The van der Waals surface area contributed by atoms with Gasteiger partial charge in [0.2, 0.25) is 0 Å². The van der Waals surface area contributed by atoms with Crippen LogP contribution >= 0.6 is 23.2 Å². The largest absolute Gasteiger partial charge is 0.452 e. The fraction of sp³-hybridized carbons (Fsp3) is 0.300. The molecule has 1 aliphatic carbocycles. The highest BCUT2D eigenvalue weighted by atomic mass is 35.5. The van der Waals surface area contributed by atoms with Crippen LogP contribution < -0.4 is 5.32 Å². The van der Waals surface area contributed by atoms with Crippen LogP contribution in [0.4, 0.5) is 0 Å². The fourth-order valence-electron chi connectivity index (χ4n) is 2.98. The van der Waals surface area contributed by atoms with Gasteiger partial charge in [0.05, 0.1) is 5.56 Å². The van der Waals surface area contributed by atoms with Crippen LogP contribution in [0.1, 0.15) is 39.9 Å². The zero-order valence-electron chi connectivity index (χ0n) is 14.2. The van der Waals surface area contributed by atoms with Gasteiger partial charge >= 0.3 is 5.97 Å². The molecule has 2 aromatic carbocycles. The summed E-state index contributed by atoms with van der Waals surface area (Å²) in [5.74, 6) is -0.875. The Kier molecular flexibility index (Phi) is 6.17. The number of carbonyl (C=O) groups excluding carboxylic acids is 2. The minimum atomic E-state index is -0.488. The molecule has 136 valence electrons. The van der Waals surface area contributed by atoms with Crippen LogP contribution in [-0.4, -0.2) is 18.5 Å². The predicted octanol–water partition coefficient (Wildman–Crippen LogP) is 4.35. The number of fused-ring (bicyclic) bond motifs is 1. The second kappa shape index (κ2) is 8.56. The third-order valence-corrected chi connectivity index (χ3v) is 5.00. The molecule has 6 heteroatoms. The van der Waals surface area contributed by atoms with E-state index in [9.17, 15) is 9.59 Å². The highest BCUT2D eigenvalue weighted by molar-refractivity contribution is 6.35. The molecule has 1 amide bonds. The van der Waals surface area contributed by atoms with Crippen LogP contribution in [0.2, 0.25) is 10.0 Å². The van der Waals surface area contributed by atoms with Crippen molar-refractivity contribution < 1.29 is 14.3 Å². The van der Waals surface area contributed by atoms with Crippen molar-refractivity contribution in [2.24, 2.45) is 0 Å². The molecule has 0 spiro atoms. The Morgan fingerprint density at radius 2 is 1.77 bits per heavy atom. The summed E-state index contributed by atoms with van der Waals surface area (Å²) < 4.78 is 5.11. The molecular formula is C20H19Cl2NO3. The Bertz CT molecular complexity index is 836. The molecule has 2 aromatic rings. The molecule has 0 unspecified atom stereocenters. The average molecular weight is 392 g/mol. The third kappa shape index (κ3) is 4.77. The van der Waals surface area contributed by atoms with Gasteiger partial charge in [0.15, 0.2) is 6.61 Å². The van der Waals surface area contributed by atoms with E-state index < -0.39 is 5.97 Å². The lowest BCUT2D eigenvalue weighted by atomic mass is 9.90. The minimum Gasteiger partial charge on any atom is -0.452 e. The maximum Gasteiger partial charge on any atom is 0.338 e. The number of nitrogens with one attached hydrogen (secondary N) is 1. The summed E-state index contributed by atoms with van der Waals surface area (Å²) in [5, 5.41) is 3.68. The van der Waals surface area contributed by atoms with Crippen LogP contribution in [0.3, 0.4) is 0 Å². The molecule has 1 N–H and O–H groups in total. The highest BCUT2D eigenvalue weighted by Crippen LogP contribution is 2.23. The fourth-order valence-corrected chi connectivity index (χ4v) is 3.46. The smallest absolute Gasteiger partial charge is 0.338 e. The van der Waals surface area contributed by atoms with Crippen molar-refractivity contribution in [2.75, 3.05) is 6.61 Å². The van der Waals surface area contributed by atoms with E-state index in [1.807, 2.05) is 12.1 Å². The Balaban J connectivity index is 1.50. The zero-order valence-corrected chi connectivity index (χ0v) is 15.7. The topological polar surface area (TPSA) is 55.4 Å². The van der Waals surface area contributed by atoms with Crippen LogP contribution in [0.25, 0.3) is 0 Å². The Morgan fingerprint density at radius 3 is 2.54 bits per heavy atom. The molecule has 1 aliphatic rings. The summed E-state index contributed by atoms with van der Waals surface area (Å²) in [5.41, 5.74) is 3.72. The summed E-state index contributed by atoms with van der Waals surface area (Å²) in [4.78, 5) is 24.1. The molecule has 0 radical (unpaired) electrons. The van der Waals surface area contributed by atoms with Gasteiger partial charge in [-0.2, -0.15) is 0 Å². The summed E-state index contributed by atoms with van der Waals surface area (Å²) in [6.45, 7) is -0.0909. The first-order chi connectivity index (χ1) is 12.5. The Labute approximate surface area is 162 Å². The molecule has 0 atom stereocenters. The maximum atomic E-state index is 12.2. The summed E-state index contributed by atoms with van der Waals surface area (Å²) >= 11 is 11.9. The number of ether oxygens (including phenoxy) is 1. The van der Waals surface area contributed by atoms with Gasteiger partial charge in [-0.15, -0.1) is 0 Å². The van der Waals surface area contributed by atoms with Crippen molar-refractivity contribution in [2.45, 2.75) is 32.2 Å². The van der Waals surface area contributed by atoms with Crippen LogP contribution in [0.15, 0.2) is 36.4 Å². The van der Waals surface area contributed by atoms with Crippen LogP contribution in [0.5, 0.6) is 0 Å². The number of hydrogen-bond acceptors (Lipinski definition) is 3. The number of hydrogen-bond donors (Lipinski definition) is 1. The van der Waals surface area contributed by atoms with Crippen molar-refractivity contribution in [3.63, 3.8) is 0 Å². The van der Waals surface area contributed by atoms with Crippen molar-refractivity contribution in [1.82, 2.24) is 5.32 Å². The Hall–Kier alpha value is -2.04. The lowest BCUT2D eigenvalue weighted by molar-refractivity contribution is -0.124.